The van der Waals surface area contributed by atoms with Gasteiger partial charge in [-0.2, -0.15) is 13.2 Å². The van der Waals surface area contributed by atoms with Crippen molar-refractivity contribution >= 4 is 51.6 Å². The summed E-state index contributed by atoms with van der Waals surface area (Å²) in [6.07, 6.45) is -4.36. The second-order valence-corrected chi connectivity index (χ2v) is 11.2. The maximum absolute atomic E-state index is 14.3. The highest BCUT2D eigenvalue weighted by Crippen LogP contribution is 2.50. The van der Waals surface area contributed by atoms with Crippen LogP contribution in [-0.2, 0) is 36.4 Å². The summed E-state index contributed by atoms with van der Waals surface area (Å²) in [5.74, 6) is -2.24. The molecule has 1 spiro atoms. The van der Waals surface area contributed by atoms with Gasteiger partial charge in [0.05, 0.1) is 34.4 Å². The number of oxime groups is 1. The van der Waals surface area contributed by atoms with Crippen LogP contribution in [0.5, 0.6) is 0 Å². The summed E-state index contributed by atoms with van der Waals surface area (Å²) in [7, 11) is -1.32. The van der Waals surface area contributed by atoms with Gasteiger partial charge in [0.1, 0.15) is 5.75 Å². The van der Waals surface area contributed by atoms with E-state index in [9.17, 15) is 31.4 Å². The summed E-state index contributed by atoms with van der Waals surface area (Å²) in [6, 6.07) is 5.95. The van der Waals surface area contributed by atoms with E-state index in [2.05, 4.69) is 5.16 Å². The van der Waals surface area contributed by atoms with E-state index in [4.69, 9.17) is 32.8 Å². The zero-order valence-electron chi connectivity index (χ0n) is 18.8. The Balaban J connectivity index is 1.43. The molecule has 0 N–H and O–H groups in total. The lowest BCUT2D eigenvalue weighted by molar-refractivity contribution is -0.275. The van der Waals surface area contributed by atoms with Crippen LogP contribution in [0.1, 0.15) is 33.5 Å². The highest BCUT2D eigenvalue weighted by molar-refractivity contribution is 7.85. The minimum atomic E-state index is -4.98. The third kappa shape index (κ3) is 4.09. The Morgan fingerprint density at radius 1 is 1.19 bits per heavy atom. The van der Waals surface area contributed by atoms with Gasteiger partial charge in [-0.15, -0.1) is 0 Å². The van der Waals surface area contributed by atoms with Gasteiger partial charge in [0.25, 0.3) is 5.60 Å². The Bertz CT molecular complexity index is 1390. The normalized spacial score (nSPS) is 22.7. The van der Waals surface area contributed by atoms with Crippen molar-refractivity contribution in [1.29, 1.82) is 0 Å². The molecule has 3 aliphatic rings. The standard InChI is InChI=1S/C23H16Cl2F4N2O5S/c1-37(34)8-18(32)31-9-21(10-31)14-3-2-11(4-13(14)20(33)35-21)17-7-22(36-30-17,23(27,28)29)12-5-15(24)19(26)16(25)6-12/h2-6H,7-10H2,1H3. The number of halogens is 6. The molecule has 5 rings (SSSR count). The van der Waals surface area contributed by atoms with Crippen LogP contribution in [-0.4, -0.2) is 58.0 Å². The minimum Gasteiger partial charge on any atom is -0.447 e. The van der Waals surface area contributed by atoms with Gasteiger partial charge in [0.15, 0.2) is 11.4 Å². The van der Waals surface area contributed by atoms with Crippen LogP contribution in [0.4, 0.5) is 17.6 Å². The summed E-state index contributed by atoms with van der Waals surface area (Å²) in [4.78, 5) is 31.1. The zero-order valence-corrected chi connectivity index (χ0v) is 21.2. The molecular formula is C23H16Cl2F4N2O5S. The van der Waals surface area contributed by atoms with Crippen LogP contribution >= 0.6 is 23.2 Å². The molecule has 1 fully saturated rings. The van der Waals surface area contributed by atoms with Crippen molar-refractivity contribution in [2.75, 3.05) is 25.1 Å². The third-order valence-electron chi connectivity index (χ3n) is 6.56. The lowest BCUT2D eigenvalue weighted by Crippen LogP contribution is -2.62. The maximum atomic E-state index is 14.3. The van der Waals surface area contributed by atoms with Gasteiger partial charge >= 0.3 is 12.1 Å². The van der Waals surface area contributed by atoms with Crippen LogP contribution in [0.25, 0.3) is 0 Å². The Morgan fingerprint density at radius 3 is 2.43 bits per heavy atom. The number of esters is 1. The fourth-order valence-corrected chi connectivity index (χ4v) is 5.69. The molecule has 1 amide bonds. The number of hydrogen-bond acceptors (Lipinski definition) is 6. The number of amides is 1. The molecule has 2 atom stereocenters. The molecule has 3 aliphatic heterocycles. The van der Waals surface area contributed by atoms with Gasteiger partial charge in [-0.25, -0.2) is 9.18 Å². The van der Waals surface area contributed by atoms with Crippen LogP contribution in [0.15, 0.2) is 35.5 Å². The lowest BCUT2D eigenvalue weighted by Gasteiger charge is -2.46. The van der Waals surface area contributed by atoms with Gasteiger partial charge in [-0.3, -0.25) is 9.00 Å². The first kappa shape index (κ1) is 25.9. The van der Waals surface area contributed by atoms with Crippen molar-refractivity contribution in [2.24, 2.45) is 5.16 Å². The number of nitrogens with zero attached hydrogens (tertiary/aromatic N) is 2. The van der Waals surface area contributed by atoms with Crippen molar-refractivity contribution in [3.05, 3.63) is 68.4 Å². The third-order valence-corrected chi connectivity index (χ3v) is 7.76. The highest BCUT2D eigenvalue weighted by Gasteiger charge is 2.63. The number of rotatable bonds is 4. The quantitative estimate of drug-likeness (QED) is 0.307. The number of ether oxygens (including phenoxy) is 1. The van der Waals surface area contributed by atoms with Crippen LogP contribution in [0, 0.1) is 5.82 Å². The molecule has 3 heterocycles. The Morgan fingerprint density at radius 2 is 1.84 bits per heavy atom. The highest BCUT2D eigenvalue weighted by atomic mass is 35.5. The van der Waals surface area contributed by atoms with Gasteiger partial charge in [0.2, 0.25) is 5.91 Å². The fraction of sp³-hybridized carbons (Fsp3) is 0.348. The molecule has 196 valence electrons. The molecule has 0 aromatic heterocycles. The number of benzene rings is 2. The average molecular weight is 579 g/mol. The van der Waals surface area contributed by atoms with Gasteiger partial charge in [0, 0.05) is 40.2 Å². The van der Waals surface area contributed by atoms with Gasteiger partial charge in [-0.1, -0.05) is 40.5 Å². The van der Waals surface area contributed by atoms with Gasteiger partial charge < -0.3 is 14.5 Å². The second-order valence-electron chi connectivity index (χ2n) is 9.00. The number of hydrogen-bond donors (Lipinski definition) is 0. The molecule has 37 heavy (non-hydrogen) atoms. The fourth-order valence-electron chi connectivity index (χ4n) is 4.67. The molecule has 2 aromatic carbocycles. The van der Waals surface area contributed by atoms with E-state index >= 15 is 0 Å². The second kappa shape index (κ2) is 8.67. The molecule has 0 bridgehead atoms. The Labute approximate surface area is 219 Å². The molecule has 2 aromatic rings. The van der Waals surface area contributed by atoms with Crippen LogP contribution < -0.4 is 0 Å². The van der Waals surface area contributed by atoms with Gasteiger partial charge in [-0.05, 0) is 18.2 Å². The van der Waals surface area contributed by atoms with Crippen molar-refractivity contribution in [2.45, 2.75) is 23.8 Å². The van der Waals surface area contributed by atoms with Crippen LogP contribution in [0.3, 0.4) is 0 Å². The summed E-state index contributed by atoms with van der Waals surface area (Å²) in [6.45, 7) is 0.156. The summed E-state index contributed by atoms with van der Waals surface area (Å²) < 4.78 is 73.5. The van der Waals surface area contributed by atoms with Crippen LogP contribution in [0.2, 0.25) is 10.0 Å². The first-order valence-electron chi connectivity index (χ1n) is 10.7. The number of carbonyl (C=O) groups excluding carboxylic acids is 2. The first-order chi connectivity index (χ1) is 17.3. The number of fused-ring (bicyclic) bond motifs is 2. The Hall–Kier alpha value is -2.70. The Kier molecular flexibility index (Phi) is 6.08. The zero-order chi connectivity index (χ0) is 26.9. The van der Waals surface area contributed by atoms with E-state index in [1.807, 2.05) is 0 Å². The number of carbonyl (C=O) groups is 2. The molecule has 14 heteroatoms. The van der Waals surface area contributed by atoms with E-state index in [0.29, 0.717) is 5.56 Å². The lowest BCUT2D eigenvalue weighted by atomic mass is 9.83. The first-order valence-corrected chi connectivity index (χ1v) is 13.2. The molecule has 1 saturated heterocycles. The summed E-state index contributed by atoms with van der Waals surface area (Å²) in [5.41, 5.74) is -3.88. The van der Waals surface area contributed by atoms with E-state index in [1.54, 1.807) is 0 Å². The number of likely N-dealkylation sites (tertiary alicyclic amines) is 1. The molecular weight excluding hydrogens is 563 g/mol. The molecule has 0 aliphatic carbocycles. The predicted octanol–water partition coefficient (Wildman–Crippen LogP) is 4.30. The topological polar surface area (TPSA) is 85.3 Å². The van der Waals surface area contributed by atoms with E-state index < -0.39 is 62.0 Å². The molecule has 0 saturated carbocycles. The smallest absolute Gasteiger partial charge is 0.435 e. The monoisotopic (exact) mass is 578 g/mol. The van der Waals surface area contributed by atoms with Crippen molar-refractivity contribution in [3.63, 3.8) is 0 Å². The van der Waals surface area contributed by atoms with E-state index in [-0.39, 0.29) is 41.6 Å². The molecule has 0 radical (unpaired) electrons. The largest absolute Gasteiger partial charge is 0.447 e. The van der Waals surface area contributed by atoms with E-state index in [0.717, 1.165) is 12.1 Å². The predicted molar refractivity (Wildman–Crippen MR) is 125 cm³/mol. The SMILES string of the molecule is CS(=O)CC(=O)N1CC2(C1)OC(=O)c1cc(C3=NOC(c4cc(Cl)c(F)c(Cl)c4)(C(F)(F)F)C3)ccc12. The summed E-state index contributed by atoms with van der Waals surface area (Å²) >= 11 is 11.5. The van der Waals surface area contributed by atoms with Crippen molar-refractivity contribution in [3.8, 4) is 0 Å². The maximum Gasteiger partial charge on any atom is 0.435 e. The van der Waals surface area contributed by atoms with Crippen molar-refractivity contribution < 1.29 is 40.9 Å². The number of alkyl halides is 3. The minimum absolute atomic E-state index is 0.0778. The van der Waals surface area contributed by atoms with Crippen molar-refractivity contribution in [1.82, 2.24) is 4.90 Å². The summed E-state index contributed by atoms with van der Waals surface area (Å²) in [5, 5.41) is 2.44. The molecule has 7 nitrogen and oxygen atoms in total. The average Bonchev–Trinajstić information content (AvgIpc) is 3.36. The van der Waals surface area contributed by atoms with E-state index in [1.165, 1.54) is 29.4 Å². The molecule has 2 unspecified atom stereocenters.